The van der Waals surface area contributed by atoms with E-state index in [2.05, 4.69) is 26.6 Å². The van der Waals surface area contributed by atoms with Gasteiger partial charge in [0.2, 0.25) is 0 Å². The number of piperidine rings is 1. The van der Waals surface area contributed by atoms with Crippen molar-refractivity contribution in [1.82, 2.24) is 10.6 Å². The standard InChI is InChI=1S/C22H30N4O2S.HI/c1-23-22(24-14-16-29(27)19-10-4-3-5-11-19)25-18-9-8-15-26(17-18)20-12-6-7-13-21(20)28-2;/h3-7,10-13,18H,8-9,14-17H2,1-2H3,(H2,23,24,25);1H. The smallest absolute Gasteiger partial charge is 0.191 e. The normalized spacial score (nSPS) is 17.6. The summed E-state index contributed by atoms with van der Waals surface area (Å²) in [7, 11) is 2.47. The van der Waals surface area contributed by atoms with E-state index in [4.69, 9.17) is 4.74 Å². The summed E-state index contributed by atoms with van der Waals surface area (Å²) < 4.78 is 17.9. The van der Waals surface area contributed by atoms with Crippen molar-refractivity contribution in [3.05, 3.63) is 54.6 Å². The monoisotopic (exact) mass is 542 g/mol. The highest BCUT2D eigenvalue weighted by Gasteiger charge is 2.22. The van der Waals surface area contributed by atoms with Crippen LogP contribution in [0.5, 0.6) is 5.75 Å². The molecule has 2 aromatic carbocycles. The number of guanidine groups is 1. The fourth-order valence-corrected chi connectivity index (χ4v) is 4.53. The second kappa shape index (κ2) is 12.8. The van der Waals surface area contributed by atoms with Gasteiger partial charge in [0.25, 0.3) is 0 Å². The Kier molecular flexibility index (Phi) is 10.4. The molecule has 30 heavy (non-hydrogen) atoms. The van der Waals surface area contributed by atoms with E-state index in [1.54, 1.807) is 14.2 Å². The third kappa shape index (κ3) is 6.87. The summed E-state index contributed by atoms with van der Waals surface area (Å²) in [4.78, 5) is 7.55. The molecule has 1 aliphatic rings. The van der Waals surface area contributed by atoms with Crippen molar-refractivity contribution in [2.24, 2.45) is 4.99 Å². The van der Waals surface area contributed by atoms with Crippen molar-refractivity contribution in [2.45, 2.75) is 23.8 Å². The highest BCUT2D eigenvalue weighted by Crippen LogP contribution is 2.29. The van der Waals surface area contributed by atoms with Crippen LogP contribution in [0.1, 0.15) is 12.8 Å². The molecule has 2 aromatic rings. The topological polar surface area (TPSA) is 66.0 Å². The maximum Gasteiger partial charge on any atom is 0.191 e. The third-order valence-electron chi connectivity index (χ3n) is 5.00. The minimum Gasteiger partial charge on any atom is -0.495 e. The second-order valence-corrected chi connectivity index (χ2v) is 8.53. The molecule has 0 aliphatic carbocycles. The van der Waals surface area contributed by atoms with E-state index < -0.39 is 10.8 Å². The molecule has 164 valence electrons. The van der Waals surface area contributed by atoms with Crippen molar-refractivity contribution in [3.8, 4) is 5.75 Å². The molecule has 8 heteroatoms. The van der Waals surface area contributed by atoms with Crippen molar-refractivity contribution in [1.29, 1.82) is 0 Å². The summed E-state index contributed by atoms with van der Waals surface area (Å²) >= 11 is 0. The van der Waals surface area contributed by atoms with Crippen molar-refractivity contribution < 1.29 is 8.95 Å². The molecule has 3 rings (SSSR count). The molecule has 1 saturated heterocycles. The second-order valence-electron chi connectivity index (χ2n) is 6.96. The van der Waals surface area contributed by atoms with E-state index in [9.17, 15) is 4.21 Å². The van der Waals surface area contributed by atoms with Gasteiger partial charge in [-0.25, -0.2) is 0 Å². The average Bonchev–Trinajstić information content (AvgIpc) is 2.79. The first kappa shape index (κ1) is 24.5. The van der Waals surface area contributed by atoms with Crippen LogP contribution in [0.2, 0.25) is 0 Å². The molecule has 2 atom stereocenters. The Hall–Kier alpha value is -1.81. The Bertz CT molecular complexity index is 835. The highest BCUT2D eigenvalue weighted by atomic mass is 127. The Morgan fingerprint density at radius 1 is 1.20 bits per heavy atom. The van der Waals surface area contributed by atoms with Gasteiger partial charge < -0.3 is 20.3 Å². The number of methoxy groups -OCH3 is 1. The Morgan fingerprint density at radius 2 is 1.93 bits per heavy atom. The van der Waals surface area contributed by atoms with Gasteiger partial charge in [0.05, 0.1) is 23.6 Å². The van der Waals surface area contributed by atoms with E-state index >= 15 is 0 Å². The molecule has 1 fully saturated rings. The fraction of sp³-hybridized carbons (Fsp3) is 0.409. The molecule has 0 aromatic heterocycles. The number of ether oxygens (including phenoxy) is 1. The maximum absolute atomic E-state index is 12.4. The molecular formula is C22H31IN4O2S. The molecule has 0 spiro atoms. The van der Waals surface area contributed by atoms with Gasteiger partial charge in [-0.05, 0) is 37.1 Å². The summed E-state index contributed by atoms with van der Waals surface area (Å²) in [6.07, 6.45) is 2.19. The van der Waals surface area contributed by atoms with Crippen LogP contribution in [0, 0.1) is 0 Å². The average molecular weight is 542 g/mol. The molecule has 0 saturated carbocycles. The summed E-state index contributed by atoms with van der Waals surface area (Å²) in [5.41, 5.74) is 1.13. The first-order valence-electron chi connectivity index (χ1n) is 10.00. The lowest BCUT2D eigenvalue weighted by molar-refractivity contribution is 0.408. The van der Waals surface area contributed by atoms with Crippen LogP contribution in [0.3, 0.4) is 0 Å². The first-order valence-corrected chi connectivity index (χ1v) is 11.3. The Morgan fingerprint density at radius 3 is 2.67 bits per heavy atom. The first-order chi connectivity index (χ1) is 14.2. The minimum absolute atomic E-state index is 0. The molecular weight excluding hydrogens is 511 g/mol. The van der Waals surface area contributed by atoms with E-state index in [1.165, 1.54) is 0 Å². The van der Waals surface area contributed by atoms with Crippen LogP contribution < -0.4 is 20.3 Å². The van der Waals surface area contributed by atoms with Crippen molar-refractivity contribution in [2.75, 3.05) is 44.4 Å². The molecule has 2 N–H and O–H groups in total. The number of hydrogen-bond acceptors (Lipinski definition) is 4. The molecule has 0 bridgehead atoms. The number of rotatable bonds is 7. The summed E-state index contributed by atoms with van der Waals surface area (Å²) in [6.45, 7) is 2.50. The summed E-state index contributed by atoms with van der Waals surface area (Å²) in [6, 6.07) is 18.0. The summed E-state index contributed by atoms with van der Waals surface area (Å²) in [5, 5.41) is 6.81. The number of nitrogens with zero attached hydrogens (tertiary/aromatic N) is 2. The number of aliphatic imine (C=N–C) groups is 1. The number of nitrogens with one attached hydrogen (secondary N) is 2. The van der Waals surface area contributed by atoms with Gasteiger partial charge in [0.1, 0.15) is 5.75 Å². The van der Waals surface area contributed by atoms with Gasteiger partial charge in [0.15, 0.2) is 5.96 Å². The minimum atomic E-state index is -1.01. The van der Waals surface area contributed by atoms with Crippen LogP contribution in [-0.4, -0.2) is 55.8 Å². The van der Waals surface area contributed by atoms with Gasteiger partial charge >= 0.3 is 0 Å². The van der Waals surface area contributed by atoms with Crippen LogP contribution in [0.25, 0.3) is 0 Å². The molecule has 2 unspecified atom stereocenters. The van der Waals surface area contributed by atoms with E-state index in [0.29, 0.717) is 18.3 Å². The third-order valence-corrected chi connectivity index (χ3v) is 6.37. The fourth-order valence-electron chi connectivity index (χ4n) is 3.55. The Labute approximate surface area is 199 Å². The highest BCUT2D eigenvalue weighted by molar-refractivity contribution is 14.0. The summed E-state index contributed by atoms with van der Waals surface area (Å²) in [5.74, 6) is 2.20. The largest absolute Gasteiger partial charge is 0.495 e. The zero-order valence-corrected chi connectivity index (χ0v) is 20.7. The lowest BCUT2D eigenvalue weighted by atomic mass is 10.0. The number of benzene rings is 2. The van der Waals surface area contributed by atoms with Gasteiger partial charge in [0, 0.05) is 43.4 Å². The molecule has 6 nitrogen and oxygen atoms in total. The zero-order valence-electron chi connectivity index (χ0n) is 17.5. The van der Waals surface area contributed by atoms with Crippen LogP contribution in [0.15, 0.2) is 64.5 Å². The lowest BCUT2D eigenvalue weighted by Crippen LogP contribution is -2.51. The van der Waals surface area contributed by atoms with Crippen molar-refractivity contribution >= 4 is 46.4 Å². The number of hydrogen-bond donors (Lipinski definition) is 2. The van der Waals surface area contributed by atoms with E-state index in [-0.39, 0.29) is 24.0 Å². The quantitative estimate of drug-likeness (QED) is 0.320. The lowest BCUT2D eigenvalue weighted by Gasteiger charge is -2.36. The molecule has 1 aliphatic heterocycles. The Balaban J connectivity index is 0.00000320. The van der Waals surface area contributed by atoms with Gasteiger partial charge in [-0.2, -0.15) is 0 Å². The van der Waals surface area contributed by atoms with Crippen LogP contribution >= 0.6 is 24.0 Å². The van der Waals surface area contributed by atoms with Crippen LogP contribution in [0.4, 0.5) is 5.69 Å². The molecule has 1 heterocycles. The van der Waals surface area contributed by atoms with E-state index in [1.807, 2.05) is 48.5 Å². The zero-order chi connectivity index (χ0) is 20.5. The van der Waals surface area contributed by atoms with Gasteiger partial charge in [-0.3, -0.25) is 9.20 Å². The van der Waals surface area contributed by atoms with Gasteiger partial charge in [-0.15, -0.1) is 24.0 Å². The number of anilines is 1. The molecule has 0 radical (unpaired) electrons. The van der Waals surface area contributed by atoms with Crippen LogP contribution in [-0.2, 0) is 10.8 Å². The van der Waals surface area contributed by atoms with E-state index in [0.717, 1.165) is 48.2 Å². The SMILES string of the molecule is CN=C(NCCS(=O)c1ccccc1)NC1CCCN(c2ccccc2OC)C1.I. The van der Waals surface area contributed by atoms with Crippen molar-refractivity contribution in [3.63, 3.8) is 0 Å². The maximum atomic E-state index is 12.4. The number of halogens is 1. The van der Waals surface area contributed by atoms with Gasteiger partial charge in [-0.1, -0.05) is 30.3 Å². The number of para-hydroxylation sites is 2. The predicted molar refractivity (Wildman–Crippen MR) is 136 cm³/mol. The molecule has 0 amide bonds. The predicted octanol–water partition coefficient (Wildman–Crippen LogP) is 3.25.